The molecule has 1 aromatic carbocycles. The molecule has 4 nitrogen and oxygen atoms in total. The summed E-state index contributed by atoms with van der Waals surface area (Å²) in [6.45, 7) is 2.83. The van der Waals surface area contributed by atoms with Gasteiger partial charge in [-0.1, -0.05) is 44.7 Å². The highest BCUT2D eigenvalue weighted by molar-refractivity contribution is 8.00. The second kappa shape index (κ2) is 10.5. The molecule has 0 saturated carbocycles. The van der Waals surface area contributed by atoms with Crippen LogP contribution in [0.4, 0.5) is 13.2 Å². The first-order chi connectivity index (χ1) is 13.2. The summed E-state index contributed by atoms with van der Waals surface area (Å²) in [6.07, 6.45) is 1.82. The number of halogens is 3. The molecular formula is C19H24F3NO3S2. The molecule has 2 rings (SSSR count). The van der Waals surface area contributed by atoms with E-state index in [0.29, 0.717) is 27.9 Å². The Morgan fingerprint density at radius 3 is 2.61 bits per heavy atom. The molecule has 0 aliphatic carbocycles. The highest BCUT2D eigenvalue weighted by atomic mass is 32.2. The third kappa shape index (κ3) is 6.65. The molecule has 0 aliphatic heterocycles. The lowest BCUT2D eigenvalue weighted by atomic mass is 10.2. The molecule has 0 atom stereocenters. The summed E-state index contributed by atoms with van der Waals surface area (Å²) < 4.78 is 44.2. The van der Waals surface area contributed by atoms with Crippen molar-refractivity contribution in [1.29, 1.82) is 0 Å². The summed E-state index contributed by atoms with van der Waals surface area (Å²) in [4.78, 5) is 3.51. The van der Waals surface area contributed by atoms with Crippen molar-refractivity contribution < 1.29 is 28.1 Å². The average Bonchev–Trinajstić information content (AvgIpc) is 3.12. The Bertz CT molecular complexity index is 735. The average molecular weight is 436 g/mol. The standard InChI is InChI=1S/C19H24F3NO3S2/c1-2-3-4-5-6-10-26-15-9-7-8-14(11-15)13-27-16-12-23-17(28-16)18(24,25)19(20,21)22/h7-9,11-12,24-25H,2-6,10,13H2,1H3. The molecule has 2 aromatic rings. The van der Waals surface area contributed by atoms with Crippen molar-refractivity contribution in [1.82, 2.24) is 4.98 Å². The third-order valence-corrected chi connectivity index (χ3v) is 6.34. The lowest BCUT2D eigenvalue weighted by molar-refractivity contribution is -0.358. The number of ether oxygens (including phenoxy) is 1. The Balaban J connectivity index is 1.85. The van der Waals surface area contributed by atoms with Crippen LogP contribution in [0, 0.1) is 0 Å². The van der Waals surface area contributed by atoms with Gasteiger partial charge in [-0.3, -0.25) is 0 Å². The van der Waals surface area contributed by atoms with Gasteiger partial charge in [0.15, 0.2) is 5.01 Å². The number of thioether (sulfide) groups is 1. The summed E-state index contributed by atoms with van der Waals surface area (Å²) >= 11 is 1.89. The quantitative estimate of drug-likeness (QED) is 0.278. The molecular weight excluding hydrogens is 411 g/mol. The van der Waals surface area contributed by atoms with Crippen LogP contribution < -0.4 is 4.74 Å². The minimum absolute atomic E-state index is 0.467. The van der Waals surface area contributed by atoms with E-state index in [1.807, 2.05) is 24.3 Å². The third-order valence-electron chi connectivity index (χ3n) is 3.97. The summed E-state index contributed by atoms with van der Waals surface area (Å²) in [6, 6.07) is 7.55. The van der Waals surface area contributed by atoms with E-state index in [-0.39, 0.29) is 0 Å². The van der Waals surface area contributed by atoms with Gasteiger partial charge < -0.3 is 14.9 Å². The lowest BCUT2D eigenvalue weighted by Gasteiger charge is -2.21. The van der Waals surface area contributed by atoms with Gasteiger partial charge in [0.1, 0.15) is 5.75 Å². The molecule has 0 amide bonds. The maximum Gasteiger partial charge on any atom is 0.450 e. The van der Waals surface area contributed by atoms with Crippen molar-refractivity contribution in [3.63, 3.8) is 0 Å². The van der Waals surface area contributed by atoms with Gasteiger partial charge in [0.25, 0.3) is 0 Å². The van der Waals surface area contributed by atoms with E-state index < -0.39 is 17.0 Å². The van der Waals surface area contributed by atoms with Crippen LogP contribution in [0.3, 0.4) is 0 Å². The molecule has 28 heavy (non-hydrogen) atoms. The van der Waals surface area contributed by atoms with E-state index >= 15 is 0 Å². The van der Waals surface area contributed by atoms with E-state index in [9.17, 15) is 23.4 Å². The van der Waals surface area contributed by atoms with Gasteiger partial charge in [-0.15, -0.1) is 23.1 Å². The van der Waals surface area contributed by atoms with Crippen LogP contribution >= 0.6 is 23.1 Å². The Morgan fingerprint density at radius 2 is 1.89 bits per heavy atom. The van der Waals surface area contributed by atoms with Crippen LogP contribution in [0.5, 0.6) is 5.75 Å². The van der Waals surface area contributed by atoms with Gasteiger partial charge in [0, 0.05) is 5.75 Å². The summed E-state index contributed by atoms with van der Waals surface area (Å²) in [5.41, 5.74) is 0.957. The SMILES string of the molecule is CCCCCCCOc1cccc(CSc2cnc(C(O)(O)C(F)(F)F)s2)c1. The largest absolute Gasteiger partial charge is 0.494 e. The van der Waals surface area contributed by atoms with Gasteiger partial charge in [-0.25, -0.2) is 4.98 Å². The molecule has 0 spiro atoms. The number of hydrogen-bond donors (Lipinski definition) is 2. The number of unbranched alkanes of at least 4 members (excludes halogenated alkanes) is 4. The smallest absolute Gasteiger partial charge is 0.450 e. The Kier molecular flexibility index (Phi) is 8.60. The minimum atomic E-state index is -5.20. The normalized spacial score (nSPS) is 12.4. The van der Waals surface area contributed by atoms with Crippen LogP contribution in [-0.4, -0.2) is 28.0 Å². The molecule has 0 unspecified atom stereocenters. The molecule has 0 bridgehead atoms. The van der Waals surface area contributed by atoms with Crippen molar-refractivity contribution in [2.75, 3.05) is 6.61 Å². The minimum Gasteiger partial charge on any atom is -0.494 e. The first-order valence-electron chi connectivity index (χ1n) is 9.06. The second-order valence-electron chi connectivity index (χ2n) is 6.35. The van der Waals surface area contributed by atoms with E-state index in [1.54, 1.807) is 0 Å². The molecule has 156 valence electrons. The summed E-state index contributed by atoms with van der Waals surface area (Å²) in [7, 11) is 0. The number of rotatable bonds is 11. The predicted molar refractivity (Wildman–Crippen MR) is 105 cm³/mol. The van der Waals surface area contributed by atoms with Crippen molar-refractivity contribution in [2.45, 2.75) is 61.0 Å². The van der Waals surface area contributed by atoms with Gasteiger partial charge in [-0.2, -0.15) is 13.2 Å². The predicted octanol–water partition coefficient (Wildman–Crippen LogP) is 5.48. The monoisotopic (exact) mass is 435 g/mol. The van der Waals surface area contributed by atoms with Crippen molar-refractivity contribution in [2.24, 2.45) is 0 Å². The van der Waals surface area contributed by atoms with Crippen LogP contribution in [0.25, 0.3) is 0 Å². The molecule has 2 N–H and O–H groups in total. The van der Waals surface area contributed by atoms with Crippen LogP contribution in [0.15, 0.2) is 34.7 Å². The number of benzene rings is 1. The zero-order valence-corrected chi connectivity index (χ0v) is 17.2. The van der Waals surface area contributed by atoms with E-state index in [4.69, 9.17) is 4.74 Å². The fraction of sp³-hybridized carbons (Fsp3) is 0.526. The zero-order chi connectivity index (χ0) is 20.6. The second-order valence-corrected chi connectivity index (χ2v) is 8.66. The highest BCUT2D eigenvalue weighted by Gasteiger charge is 2.56. The lowest BCUT2D eigenvalue weighted by Crippen LogP contribution is -2.41. The molecule has 9 heteroatoms. The Morgan fingerprint density at radius 1 is 1.14 bits per heavy atom. The fourth-order valence-electron chi connectivity index (χ4n) is 2.38. The first-order valence-corrected chi connectivity index (χ1v) is 10.9. The number of nitrogens with zero attached hydrogens (tertiary/aromatic N) is 1. The number of aromatic nitrogens is 1. The van der Waals surface area contributed by atoms with Crippen molar-refractivity contribution >= 4 is 23.1 Å². The van der Waals surface area contributed by atoms with Gasteiger partial charge in [-0.05, 0) is 24.1 Å². The van der Waals surface area contributed by atoms with E-state index in [2.05, 4.69) is 11.9 Å². The van der Waals surface area contributed by atoms with Crippen LogP contribution in [-0.2, 0) is 11.5 Å². The highest BCUT2D eigenvalue weighted by Crippen LogP contribution is 2.40. The van der Waals surface area contributed by atoms with Crippen molar-refractivity contribution in [3.05, 3.63) is 41.0 Å². The number of thiazole rings is 1. The number of aliphatic hydroxyl groups is 2. The maximum atomic E-state index is 12.7. The Hall–Kier alpha value is -1.29. The first kappa shape index (κ1) is 23.0. The molecule has 0 fully saturated rings. The van der Waals surface area contributed by atoms with Gasteiger partial charge >= 0.3 is 12.0 Å². The molecule has 1 aromatic heterocycles. The topological polar surface area (TPSA) is 62.6 Å². The van der Waals surface area contributed by atoms with Crippen LogP contribution in [0.1, 0.15) is 49.6 Å². The Labute approximate surface area is 170 Å². The van der Waals surface area contributed by atoms with Gasteiger partial charge in [0.05, 0.1) is 17.0 Å². The zero-order valence-electron chi connectivity index (χ0n) is 15.5. The summed E-state index contributed by atoms with van der Waals surface area (Å²) in [5.74, 6) is -2.66. The molecule has 0 saturated heterocycles. The fourth-order valence-corrected chi connectivity index (χ4v) is 4.31. The number of alkyl halides is 3. The van der Waals surface area contributed by atoms with Crippen molar-refractivity contribution in [3.8, 4) is 5.75 Å². The summed E-state index contributed by atoms with van der Waals surface area (Å²) in [5, 5.41) is 17.7. The maximum absolute atomic E-state index is 12.7. The van der Waals surface area contributed by atoms with E-state index in [1.165, 1.54) is 37.2 Å². The number of hydrogen-bond acceptors (Lipinski definition) is 6. The molecule has 0 radical (unpaired) electrons. The molecule has 1 heterocycles. The molecule has 0 aliphatic rings. The van der Waals surface area contributed by atoms with E-state index in [0.717, 1.165) is 24.2 Å². The van der Waals surface area contributed by atoms with Gasteiger partial charge in [0.2, 0.25) is 0 Å². The van der Waals surface area contributed by atoms with Crippen LogP contribution in [0.2, 0.25) is 0 Å².